The average Bonchev–Trinajstić information content (AvgIpc) is 2.16. The van der Waals surface area contributed by atoms with Crippen molar-refractivity contribution in [3.05, 3.63) is 12.2 Å². The van der Waals surface area contributed by atoms with Crippen LogP contribution in [0.3, 0.4) is 0 Å². The monoisotopic (exact) mass is 204 g/mol. The topological polar surface area (TPSA) is 107 Å². The maximum Gasteiger partial charge on any atom is 0.368 e. The van der Waals surface area contributed by atoms with E-state index in [0.717, 1.165) is 6.08 Å². The summed E-state index contributed by atoms with van der Waals surface area (Å²) in [7, 11) is 0. The van der Waals surface area contributed by atoms with Crippen LogP contribution >= 0.6 is 0 Å². The number of carboxylic acids is 1. The Kier molecular flexibility index (Phi) is 3.22. The minimum Gasteiger partial charge on any atom is -0.477 e. The summed E-state index contributed by atoms with van der Waals surface area (Å²) in [4.78, 5) is 10.6. The molecule has 0 aromatic carbocycles. The van der Waals surface area contributed by atoms with Crippen LogP contribution in [0.25, 0.3) is 0 Å². The lowest BCUT2D eigenvalue weighted by Gasteiger charge is -2.31. The molecule has 0 unspecified atom stereocenters. The fourth-order valence-electron chi connectivity index (χ4n) is 1.15. The van der Waals surface area contributed by atoms with E-state index in [4.69, 9.17) is 14.9 Å². The summed E-state index contributed by atoms with van der Waals surface area (Å²) in [6.07, 6.45) is 0.519. The van der Waals surface area contributed by atoms with E-state index >= 15 is 0 Å². The average molecular weight is 204 g/mol. The Morgan fingerprint density at radius 1 is 1.71 bits per heavy atom. The lowest BCUT2D eigenvalue weighted by atomic mass is 10.1. The molecule has 14 heavy (non-hydrogen) atoms. The zero-order valence-electron chi connectivity index (χ0n) is 7.33. The summed E-state index contributed by atoms with van der Waals surface area (Å²) in [6.45, 7) is -0.547. The summed E-state index contributed by atoms with van der Waals surface area (Å²) in [5, 5.41) is 35.8. The molecule has 0 aromatic rings. The molecule has 0 aliphatic carbocycles. The van der Waals surface area contributed by atoms with E-state index in [0.29, 0.717) is 0 Å². The Bertz CT molecular complexity index is 250. The molecular formula is C8H12O6. The quantitative estimate of drug-likeness (QED) is 0.415. The lowest BCUT2D eigenvalue weighted by Crippen LogP contribution is -2.48. The van der Waals surface area contributed by atoms with Crippen molar-refractivity contribution in [1.29, 1.82) is 0 Å². The summed E-state index contributed by atoms with van der Waals surface area (Å²) < 4.78 is 4.75. The first-order valence-corrected chi connectivity index (χ1v) is 4.10. The van der Waals surface area contributed by atoms with Crippen molar-refractivity contribution in [2.24, 2.45) is 0 Å². The summed E-state index contributed by atoms with van der Waals surface area (Å²) >= 11 is 0. The maximum atomic E-state index is 10.6. The molecule has 6 nitrogen and oxygen atoms in total. The third-order valence-corrected chi connectivity index (χ3v) is 1.97. The maximum absolute atomic E-state index is 10.6. The van der Waals surface area contributed by atoms with Gasteiger partial charge in [0.15, 0.2) is 0 Å². The van der Waals surface area contributed by atoms with Crippen LogP contribution in [0.1, 0.15) is 6.42 Å². The normalized spacial score (nSPS) is 34.1. The van der Waals surface area contributed by atoms with Gasteiger partial charge in [-0.1, -0.05) is 6.08 Å². The highest BCUT2D eigenvalue weighted by molar-refractivity contribution is 5.78. The van der Waals surface area contributed by atoms with Crippen LogP contribution in [-0.2, 0) is 9.53 Å². The van der Waals surface area contributed by atoms with Crippen molar-refractivity contribution < 1.29 is 30.0 Å². The molecule has 6 heteroatoms. The standard InChI is InChI=1S/C8H12O6/c9-4-5(10)6-2-1-3-8(13,14-6)7(11)12/h1,3,5-6,9-10,13H,2,4H2,(H,11,12)/t5-,6+,8-/m1/s1. The second-order valence-corrected chi connectivity index (χ2v) is 3.05. The third kappa shape index (κ3) is 2.10. The molecule has 0 aromatic heterocycles. The van der Waals surface area contributed by atoms with E-state index in [1.54, 1.807) is 0 Å². The number of rotatable bonds is 3. The van der Waals surface area contributed by atoms with Gasteiger partial charge in [0, 0.05) is 0 Å². The van der Waals surface area contributed by atoms with Crippen LogP contribution in [0, 0.1) is 0 Å². The smallest absolute Gasteiger partial charge is 0.368 e. The van der Waals surface area contributed by atoms with Crippen LogP contribution in [0.2, 0.25) is 0 Å². The lowest BCUT2D eigenvalue weighted by molar-refractivity contribution is -0.235. The van der Waals surface area contributed by atoms with Gasteiger partial charge >= 0.3 is 5.97 Å². The molecule has 0 radical (unpaired) electrons. The molecule has 0 fully saturated rings. The van der Waals surface area contributed by atoms with Crippen molar-refractivity contribution in [2.75, 3.05) is 6.61 Å². The van der Waals surface area contributed by atoms with E-state index < -0.39 is 30.6 Å². The molecule has 4 N–H and O–H groups in total. The van der Waals surface area contributed by atoms with Gasteiger partial charge in [0.1, 0.15) is 6.10 Å². The van der Waals surface area contributed by atoms with Gasteiger partial charge in [-0.15, -0.1) is 0 Å². The Labute approximate surface area is 80.1 Å². The molecule has 1 aliphatic heterocycles. The third-order valence-electron chi connectivity index (χ3n) is 1.97. The number of hydrogen-bond donors (Lipinski definition) is 4. The second kappa shape index (κ2) is 4.05. The van der Waals surface area contributed by atoms with E-state index in [-0.39, 0.29) is 6.42 Å². The van der Waals surface area contributed by atoms with E-state index in [1.807, 2.05) is 0 Å². The van der Waals surface area contributed by atoms with Crippen LogP contribution in [-0.4, -0.2) is 51.0 Å². The number of carboxylic acid groups (broad SMARTS) is 1. The fraction of sp³-hybridized carbons (Fsp3) is 0.625. The summed E-state index contributed by atoms with van der Waals surface area (Å²) in [6, 6.07) is 0. The van der Waals surface area contributed by atoms with E-state index in [2.05, 4.69) is 0 Å². The molecule has 0 saturated heterocycles. The second-order valence-electron chi connectivity index (χ2n) is 3.05. The largest absolute Gasteiger partial charge is 0.477 e. The molecule has 0 bridgehead atoms. The SMILES string of the molecule is O=C(O)[C@@]1(O)C=CC[C@@H]([C@H](O)CO)O1. The predicted octanol–water partition coefficient (Wildman–Crippen LogP) is -1.54. The number of ether oxygens (including phenoxy) is 1. The Morgan fingerprint density at radius 2 is 2.36 bits per heavy atom. The highest BCUT2D eigenvalue weighted by Crippen LogP contribution is 2.22. The molecule has 1 heterocycles. The first-order chi connectivity index (χ1) is 6.49. The summed E-state index contributed by atoms with van der Waals surface area (Å²) in [5.74, 6) is -3.96. The highest BCUT2D eigenvalue weighted by atomic mass is 16.7. The van der Waals surface area contributed by atoms with Gasteiger partial charge in [0.2, 0.25) is 0 Å². The van der Waals surface area contributed by atoms with Crippen molar-refractivity contribution >= 4 is 5.97 Å². The van der Waals surface area contributed by atoms with Gasteiger partial charge in [-0.05, 0) is 12.5 Å². The van der Waals surface area contributed by atoms with Gasteiger partial charge in [-0.2, -0.15) is 0 Å². The molecule has 0 amide bonds. The van der Waals surface area contributed by atoms with Crippen LogP contribution in [0.5, 0.6) is 0 Å². The van der Waals surface area contributed by atoms with E-state index in [9.17, 15) is 15.0 Å². The van der Waals surface area contributed by atoms with E-state index in [1.165, 1.54) is 6.08 Å². The highest BCUT2D eigenvalue weighted by Gasteiger charge is 2.41. The number of aliphatic carboxylic acids is 1. The molecule has 80 valence electrons. The van der Waals surface area contributed by atoms with Crippen LogP contribution in [0.15, 0.2) is 12.2 Å². The number of hydrogen-bond acceptors (Lipinski definition) is 5. The first kappa shape index (κ1) is 11.1. The first-order valence-electron chi connectivity index (χ1n) is 4.10. The number of aliphatic hydroxyl groups excluding tert-OH is 2. The van der Waals surface area contributed by atoms with Gasteiger partial charge in [0.25, 0.3) is 5.79 Å². The van der Waals surface area contributed by atoms with Gasteiger partial charge in [-0.25, -0.2) is 4.79 Å². The Balaban J connectivity index is 2.73. The molecule has 0 spiro atoms. The zero-order chi connectivity index (χ0) is 10.8. The van der Waals surface area contributed by atoms with Crippen molar-refractivity contribution in [2.45, 2.75) is 24.4 Å². The van der Waals surface area contributed by atoms with Gasteiger partial charge < -0.3 is 25.2 Å². The molecule has 1 aliphatic rings. The number of carbonyl (C=O) groups is 1. The van der Waals surface area contributed by atoms with Crippen molar-refractivity contribution in [3.63, 3.8) is 0 Å². The van der Waals surface area contributed by atoms with Crippen LogP contribution in [0.4, 0.5) is 0 Å². The Hall–Kier alpha value is -0.950. The van der Waals surface area contributed by atoms with Crippen molar-refractivity contribution in [3.8, 4) is 0 Å². The molecule has 1 rings (SSSR count). The zero-order valence-corrected chi connectivity index (χ0v) is 7.33. The van der Waals surface area contributed by atoms with Crippen molar-refractivity contribution in [1.82, 2.24) is 0 Å². The molecular weight excluding hydrogens is 192 g/mol. The molecule has 0 saturated carbocycles. The Morgan fingerprint density at radius 3 is 2.86 bits per heavy atom. The summed E-state index contributed by atoms with van der Waals surface area (Å²) in [5.41, 5.74) is 0. The number of aliphatic hydroxyl groups is 3. The minimum absolute atomic E-state index is 0.247. The minimum atomic E-state index is -2.40. The molecule has 3 atom stereocenters. The van der Waals surface area contributed by atoms with Crippen LogP contribution < -0.4 is 0 Å². The van der Waals surface area contributed by atoms with Gasteiger partial charge in [0.05, 0.1) is 12.7 Å². The fourth-order valence-corrected chi connectivity index (χ4v) is 1.15. The van der Waals surface area contributed by atoms with Gasteiger partial charge in [-0.3, -0.25) is 0 Å². The predicted molar refractivity (Wildman–Crippen MR) is 44.3 cm³/mol.